The number of rotatable bonds is 2. The Kier molecular flexibility index (Phi) is 4.43. The van der Waals surface area contributed by atoms with Crippen LogP contribution in [-0.4, -0.2) is 22.3 Å². The molecule has 19 heavy (non-hydrogen) atoms. The van der Waals surface area contributed by atoms with E-state index >= 15 is 0 Å². The van der Waals surface area contributed by atoms with Gasteiger partial charge in [-0.15, -0.1) is 0 Å². The molecular weight excluding hydrogens is 242 g/mol. The van der Waals surface area contributed by atoms with Crippen molar-refractivity contribution < 1.29 is 14.3 Å². The highest BCUT2D eigenvalue weighted by atomic mass is 16.5. The molecule has 3 rings (SSSR count). The lowest BCUT2D eigenvalue weighted by Gasteiger charge is -2.15. The standard InChI is InChI=1S/C13H15NO3.C2H6/c1-8-7-9-11(16-8)5-6-13(14-9)17-12-4-2-3-10(12)15;1-2/h5-7,10,12,15H,2-4H2,1H3;1-2H3. The van der Waals surface area contributed by atoms with Crippen LogP contribution in [0.4, 0.5) is 0 Å². The molecule has 0 saturated heterocycles. The van der Waals surface area contributed by atoms with E-state index in [1.807, 2.05) is 32.9 Å². The molecule has 0 spiro atoms. The second kappa shape index (κ2) is 6.06. The van der Waals surface area contributed by atoms with Gasteiger partial charge in [0, 0.05) is 12.1 Å². The van der Waals surface area contributed by atoms with E-state index in [1.54, 1.807) is 6.07 Å². The molecule has 104 valence electrons. The van der Waals surface area contributed by atoms with Gasteiger partial charge in [-0.1, -0.05) is 13.8 Å². The highest BCUT2D eigenvalue weighted by molar-refractivity contribution is 5.73. The molecule has 0 bridgehead atoms. The van der Waals surface area contributed by atoms with Crippen LogP contribution in [0.15, 0.2) is 22.6 Å². The van der Waals surface area contributed by atoms with Crippen molar-refractivity contribution in [1.29, 1.82) is 0 Å². The number of aryl methyl sites for hydroxylation is 1. The zero-order chi connectivity index (χ0) is 13.8. The second-order valence-corrected chi connectivity index (χ2v) is 4.54. The molecule has 1 aliphatic carbocycles. The summed E-state index contributed by atoms with van der Waals surface area (Å²) in [5.74, 6) is 1.40. The first-order valence-corrected chi connectivity index (χ1v) is 6.94. The monoisotopic (exact) mass is 263 g/mol. The summed E-state index contributed by atoms with van der Waals surface area (Å²) in [4.78, 5) is 4.37. The highest BCUT2D eigenvalue weighted by Crippen LogP contribution is 2.25. The van der Waals surface area contributed by atoms with E-state index in [0.29, 0.717) is 5.88 Å². The van der Waals surface area contributed by atoms with Crippen LogP contribution in [0, 0.1) is 6.92 Å². The van der Waals surface area contributed by atoms with E-state index in [4.69, 9.17) is 9.15 Å². The van der Waals surface area contributed by atoms with Crippen LogP contribution in [-0.2, 0) is 0 Å². The van der Waals surface area contributed by atoms with Crippen molar-refractivity contribution in [3.8, 4) is 5.88 Å². The Labute approximate surface area is 113 Å². The number of aliphatic hydroxyl groups excluding tert-OH is 1. The van der Waals surface area contributed by atoms with E-state index in [-0.39, 0.29) is 12.2 Å². The van der Waals surface area contributed by atoms with Gasteiger partial charge >= 0.3 is 0 Å². The van der Waals surface area contributed by atoms with Crippen molar-refractivity contribution in [2.45, 2.75) is 52.2 Å². The Bertz CT molecular complexity index is 535. The number of hydrogen-bond acceptors (Lipinski definition) is 4. The van der Waals surface area contributed by atoms with Crippen LogP contribution >= 0.6 is 0 Å². The van der Waals surface area contributed by atoms with Crippen LogP contribution in [0.3, 0.4) is 0 Å². The molecule has 4 heteroatoms. The number of ether oxygens (including phenoxy) is 1. The van der Waals surface area contributed by atoms with Crippen LogP contribution < -0.4 is 4.74 Å². The molecule has 2 atom stereocenters. The van der Waals surface area contributed by atoms with Gasteiger partial charge in [0.15, 0.2) is 5.58 Å². The van der Waals surface area contributed by atoms with Crippen molar-refractivity contribution in [2.75, 3.05) is 0 Å². The summed E-state index contributed by atoms with van der Waals surface area (Å²) in [6.07, 6.45) is 2.24. The highest BCUT2D eigenvalue weighted by Gasteiger charge is 2.27. The van der Waals surface area contributed by atoms with Crippen LogP contribution in [0.5, 0.6) is 5.88 Å². The molecular formula is C15H21NO3. The fraction of sp³-hybridized carbons (Fsp3) is 0.533. The van der Waals surface area contributed by atoms with Gasteiger partial charge in [0.05, 0.1) is 6.10 Å². The minimum Gasteiger partial charge on any atom is -0.472 e. The SMILES string of the molecule is CC.Cc1cc2nc(OC3CCCC3O)ccc2o1. The zero-order valence-corrected chi connectivity index (χ0v) is 11.7. The molecule has 0 radical (unpaired) electrons. The molecule has 0 aromatic carbocycles. The van der Waals surface area contributed by atoms with Crippen molar-refractivity contribution in [3.05, 3.63) is 24.0 Å². The van der Waals surface area contributed by atoms with Crippen molar-refractivity contribution in [2.24, 2.45) is 0 Å². The summed E-state index contributed by atoms with van der Waals surface area (Å²) >= 11 is 0. The summed E-state index contributed by atoms with van der Waals surface area (Å²) in [5, 5.41) is 9.70. The molecule has 2 heterocycles. The second-order valence-electron chi connectivity index (χ2n) is 4.54. The van der Waals surface area contributed by atoms with Gasteiger partial charge in [0.2, 0.25) is 5.88 Å². The Balaban J connectivity index is 0.000000637. The Morgan fingerprint density at radius 1 is 1.32 bits per heavy atom. The van der Waals surface area contributed by atoms with Crippen molar-refractivity contribution in [3.63, 3.8) is 0 Å². The summed E-state index contributed by atoms with van der Waals surface area (Å²) in [6, 6.07) is 5.52. The third-order valence-electron chi connectivity index (χ3n) is 3.16. The third kappa shape index (κ3) is 3.07. The molecule has 2 unspecified atom stereocenters. The smallest absolute Gasteiger partial charge is 0.214 e. The van der Waals surface area contributed by atoms with Gasteiger partial charge in [-0.2, -0.15) is 0 Å². The lowest BCUT2D eigenvalue weighted by Crippen LogP contribution is -2.25. The summed E-state index contributed by atoms with van der Waals surface area (Å²) in [7, 11) is 0. The number of aromatic nitrogens is 1. The molecule has 0 aliphatic heterocycles. The minimum absolute atomic E-state index is 0.118. The number of aliphatic hydroxyl groups is 1. The molecule has 1 fully saturated rings. The molecule has 2 aromatic rings. The molecule has 1 saturated carbocycles. The number of fused-ring (bicyclic) bond motifs is 1. The van der Waals surface area contributed by atoms with E-state index in [2.05, 4.69) is 4.98 Å². The summed E-state index contributed by atoms with van der Waals surface area (Å²) < 4.78 is 11.1. The van der Waals surface area contributed by atoms with Gasteiger partial charge < -0.3 is 14.3 Å². The van der Waals surface area contributed by atoms with Gasteiger partial charge in [-0.3, -0.25) is 0 Å². The normalized spacial score (nSPS) is 22.1. The topological polar surface area (TPSA) is 55.5 Å². The summed E-state index contributed by atoms with van der Waals surface area (Å²) in [6.45, 7) is 5.89. The molecule has 1 aliphatic rings. The molecule has 4 nitrogen and oxygen atoms in total. The largest absolute Gasteiger partial charge is 0.472 e. The molecule has 1 N–H and O–H groups in total. The molecule has 2 aromatic heterocycles. The number of furan rings is 1. The fourth-order valence-corrected chi connectivity index (χ4v) is 2.29. The third-order valence-corrected chi connectivity index (χ3v) is 3.16. The number of pyridine rings is 1. The Hall–Kier alpha value is -1.55. The maximum atomic E-state index is 9.70. The maximum Gasteiger partial charge on any atom is 0.214 e. The first-order valence-electron chi connectivity index (χ1n) is 6.94. The van der Waals surface area contributed by atoms with Crippen molar-refractivity contribution in [1.82, 2.24) is 4.98 Å². The lowest BCUT2D eigenvalue weighted by molar-refractivity contribution is 0.0576. The predicted molar refractivity (Wildman–Crippen MR) is 74.4 cm³/mol. The van der Waals surface area contributed by atoms with Gasteiger partial charge in [-0.05, 0) is 32.3 Å². The fourth-order valence-electron chi connectivity index (χ4n) is 2.29. The average Bonchev–Trinajstić information content (AvgIpc) is 2.97. The van der Waals surface area contributed by atoms with Gasteiger partial charge in [0.1, 0.15) is 17.4 Å². The van der Waals surface area contributed by atoms with Crippen LogP contribution in [0.25, 0.3) is 11.1 Å². The van der Waals surface area contributed by atoms with E-state index in [9.17, 15) is 5.11 Å². The Morgan fingerprint density at radius 2 is 2.11 bits per heavy atom. The van der Waals surface area contributed by atoms with E-state index in [1.165, 1.54) is 0 Å². The van der Waals surface area contributed by atoms with Crippen molar-refractivity contribution >= 4 is 11.1 Å². The average molecular weight is 263 g/mol. The quantitative estimate of drug-likeness (QED) is 0.901. The van der Waals surface area contributed by atoms with Gasteiger partial charge in [-0.25, -0.2) is 4.98 Å². The minimum atomic E-state index is -0.362. The maximum absolute atomic E-state index is 9.70. The van der Waals surface area contributed by atoms with Gasteiger partial charge in [0.25, 0.3) is 0 Å². The number of nitrogens with zero attached hydrogens (tertiary/aromatic N) is 1. The van der Waals surface area contributed by atoms with Crippen LogP contribution in [0.1, 0.15) is 38.9 Å². The number of hydrogen-bond donors (Lipinski definition) is 1. The molecule has 0 amide bonds. The van der Waals surface area contributed by atoms with E-state index in [0.717, 1.165) is 36.1 Å². The summed E-state index contributed by atoms with van der Waals surface area (Å²) in [5.41, 5.74) is 1.56. The first-order chi connectivity index (χ1) is 9.22. The first kappa shape index (κ1) is 13.9. The Morgan fingerprint density at radius 3 is 2.79 bits per heavy atom. The lowest BCUT2D eigenvalue weighted by atomic mass is 10.2. The van der Waals surface area contributed by atoms with Crippen LogP contribution in [0.2, 0.25) is 0 Å². The predicted octanol–water partition coefficient (Wildman–Crippen LogP) is 3.45. The zero-order valence-electron chi connectivity index (χ0n) is 11.7. The van der Waals surface area contributed by atoms with E-state index < -0.39 is 0 Å².